The molecule has 0 aliphatic rings. The Morgan fingerprint density at radius 3 is 2.50 bits per heavy atom. The first-order chi connectivity index (χ1) is 6.60. The third-order valence-corrected chi connectivity index (χ3v) is 2.22. The molecule has 1 aromatic carbocycles. The Hall–Kier alpha value is -1.06. The molecule has 1 unspecified atom stereocenters. The average Bonchev–Trinajstić information content (AvgIpc) is 2.15. The van der Waals surface area contributed by atoms with E-state index in [0.29, 0.717) is 11.3 Å². The molecule has 0 saturated carbocycles. The van der Waals surface area contributed by atoms with E-state index in [2.05, 4.69) is 0 Å². The highest BCUT2D eigenvalue weighted by atomic mass is 16.5. The van der Waals surface area contributed by atoms with Gasteiger partial charge in [-0.1, -0.05) is 6.07 Å². The molecule has 0 aliphatic carbocycles. The van der Waals surface area contributed by atoms with Crippen LogP contribution in [0.1, 0.15) is 22.8 Å². The van der Waals surface area contributed by atoms with E-state index in [4.69, 9.17) is 9.84 Å². The lowest BCUT2D eigenvalue weighted by atomic mass is 10.00. The van der Waals surface area contributed by atoms with Gasteiger partial charge in [0.05, 0.1) is 13.7 Å². The number of aliphatic hydroxyl groups excluding tert-OH is 2. The first kappa shape index (κ1) is 11.0. The maximum atomic E-state index is 9.58. The van der Waals surface area contributed by atoms with E-state index >= 15 is 0 Å². The molecule has 0 aromatic heterocycles. The Balaban J connectivity index is 3.24. The van der Waals surface area contributed by atoms with Crippen molar-refractivity contribution < 1.29 is 14.9 Å². The van der Waals surface area contributed by atoms with Crippen LogP contribution in [-0.2, 0) is 0 Å². The summed E-state index contributed by atoms with van der Waals surface area (Å²) in [5.74, 6) is 0.629. The average molecular weight is 196 g/mol. The molecule has 0 amide bonds. The van der Waals surface area contributed by atoms with Gasteiger partial charge in [-0.05, 0) is 31.0 Å². The number of aliphatic hydroxyl groups is 2. The van der Waals surface area contributed by atoms with Crippen LogP contribution in [0.15, 0.2) is 12.1 Å². The molecular formula is C11H16O3. The van der Waals surface area contributed by atoms with Crippen LogP contribution in [0.4, 0.5) is 0 Å². The summed E-state index contributed by atoms with van der Waals surface area (Å²) in [6, 6.07) is 3.80. The fourth-order valence-electron chi connectivity index (χ4n) is 1.63. The van der Waals surface area contributed by atoms with Gasteiger partial charge in [-0.15, -0.1) is 0 Å². The predicted molar refractivity (Wildman–Crippen MR) is 54.5 cm³/mol. The van der Waals surface area contributed by atoms with Gasteiger partial charge in [0.25, 0.3) is 0 Å². The fraction of sp³-hybridized carbons (Fsp3) is 0.455. The van der Waals surface area contributed by atoms with Crippen LogP contribution in [0.3, 0.4) is 0 Å². The third kappa shape index (κ3) is 2.05. The largest absolute Gasteiger partial charge is 0.496 e. The SMILES string of the molecule is COc1cc(C)cc(C)c1C(O)CO. The fourth-order valence-corrected chi connectivity index (χ4v) is 1.63. The van der Waals surface area contributed by atoms with Crippen LogP contribution in [0, 0.1) is 13.8 Å². The van der Waals surface area contributed by atoms with Crippen LogP contribution >= 0.6 is 0 Å². The van der Waals surface area contributed by atoms with Gasteiger partial charge in [-0.2, -0.15) is 0 Å². The lowest BCUT2D eigenvalue weighted by Gasteiger charge is -2.16. The first-order valence-electron chi connectivity index (χ1n) is 4.54. The summed E-state index contributed by atoms with van der Waals surface area (Å²) in [6.07, 6.45) is -0.870. The van der Waals surface area contributed by atoms with Crippen LogP contribution < -0.4 is 4.74 Å². The molecule has 1 aromatic rings. The molecule has 0 bridgehead atoms. The summed E-state index contributed by atoms with van der Waals surface area (Å²) in [6.45, 7) is 3.56. The molecular weight excluding hydrogens is 180 g/mol. The van der Waals surface area contributed by atoms with Crippen molar-refractivity contribution >= 4 is 0 Å². The molecule has 0 aliphatic heterocycles. The van der Waals surface area contributed by atoms with Crippen molar-refractivity contribution in [3.63, 3.8) is 0 Å². The van der Waals surface area contributed by atoms with Gasteiger partial charge < -0.3 is 14.9 Å². The zero-order valence-electron chi connectivity index (χ0n) is 8.74. The number of hydrogen-bond donors (Lipinski definition) is 2. The normalized spacial score (nSPS) is 12.6. The molecule has 0 heterocycles. The van der Waals surface area contributed by atoms with Crippen molar-refractivity contribution in [1.82, 2.24) is 0 Å². The summed E-state index contributed by atoms with van der Waals surface area (Å²) in [4.78, 5) is 0. The predicted octanol–water partition coefficient (Wildman–Crippen LogP) is 1.34. The zero-order chi connectivity index (χ0) is 10.7. The van der Waals surface area contributed by atoms with Gasteiger partial charge in [-0.3, -0.25) is 0 Å². The zero-order valence-corrected chi connectivity index (χ0v) is 8.74. The molecule has 2 N–H and O–H groups in total. The number of aryl methyl sites for hydroxylation is 2. The Labute approximate surface area is 84.0 Å². The minimum atomic E-state index is -0.870. The van der Waals surface area contributed by atoms with Crippen molar-refractivity contribution in [3.05, 3.63) is 28.8 Å². The van der Waals surface area contributed by atoms with Crippen LogP contribution in [-0.4, -0.2) is 23.9 Å². The van der Waals surface area contributed by atoms with E-state index in [9.17, 15) is 5.11 Å². The van der Waals surface area contributed by atoms with Crippen molar-refractivity contribution in [2.75, 3.05) is 13.7 Å². The second-order valence-corrected chi connectivity index (χ2v) is 3.40. The molecule has 0 spiro atoms. The van der Waals surface area contributed by atoms with E-state index in [1.54, 1.807) is 7.11 Å². The highest BCUT2D eigenvalue weighted by Crippen LogP contribution is 2.29. The molecule has 1 atom stereocenters. The minimum Gasteiger partial charge on any atom is -0.496 e. The quantitative estimate of drug-likeness (QED) is 0.767. The highest BCUT2D eigenvalue weighted by Gasteiger charge is 2.15. The molecule has 3 heteroatoms. The standard InChI is InChI=1S/C11H16O3/c1-7-4-8(2)11(9(13)6-12)10(5-7)14-3/h4-5,9,12-13H,6H2,1-3H3. The van der Waals surface area contributed by atoms with Crippen molar-refractivity contribution in [2.24, 2.45) is 0 Å². The van der Waals surface area contributed by atoms with Crippen LogP contribution in [0.25, 0.3) is 0 Å². The number of hydrogen-bond acceptors (Lipinski definition) is 3. The van der Waals surface area contributed by atoms with Crippen LogP contribution in [0.5, 0.6) is 5.75 Å². The van der Waals surface area contributed by atoms with Gasteiger partial charge >= 0.3 is 0 Å². The molecule has 1 rings (SSSR count). The first-order valence-corrected chi connectivity index (χ1v) is 4.54. The summed E-state index contributed by atoms with van der Waals surface area (Å²) >= 11 is 0. The third-order valence-electron chi connectivity index (χ3n) is 2.22. The van der Waals surface area contributed by atoms with Crippen molar-refractivity contribution in [2.45, 2.75) is 20.0 Å². The maximum absolute atomic E-state index is 9.58. The summed E-state index contributed by atoms with van der Waals surface area (Å²) in [7, 11) is 1.56. The van der Waals surface area contributed by atoms with Crippen molar-refractivity contribution in [3.8, 4) is 5.75 Å². The van der Waals surface area contributed by atoms with Gasteiger partial charge in [0, 0.05) is 5.56 Å². The lowest BCUT2D eigenvalue weighted by molar-refractivity contribution is 0.0928. The smallest absolute Gasteiger partial charge is 0.125 e. The number of methoxy groups -OCH3 is 1. The Kier molecular flexibility index (Phi) is 3.49. The van der Waals surface area contributed by atoms with Gasteiger partial charge in [0.1, 0.15) is 11.9 Å². The molecule has 0 saturated heterocycles. The number of benzene rings is 1. The van der Waals surface area contributed by atoms with E-state index in [-0.39, 0.29) is 6.61 Å². The van der Waals surface area contributed by atoms with Gasteiger partial charge in [0.2, 0.25) is 0 Å². The summed E-state index contributed by atoms with van der Waals surface area (Å²) in [5, 5.41) is 18.5. The second-order valence-electron chi connectivity index (χ2n) is 3.40. The Morgan fingerprint density at radius 2 is 2.00 bits per heavy atom. The molecule has 0 fully saturated rings. The van der Waals surface area contributed by atoms with E-state index in [0.717, 1.165) is 11.1 Å². The second kappa shape index (κ2) is 4.44. The topological polar surface area (TPSA) is 49.7 Å². The molecule has 78 valence electrons. The molecule has 0 radical (unpaired) electrons. The Bertz CT molecular complexity index is 321. The summed E-state index contributed by atoms with van der Waals surface area (Å²) < 4.78 is 5.16. The minimum absolute atomic E-state index is 0.291. The van der Waals surface area contributed by atoms with E-state index in [1.807, 2.05) is 26.0 Å². The van der Waals surface area contributed by atoms with E-state index < -0.39 is 6.10 Å². The van der Waals surface area contributed by atoms with Crippen LogP contribution in [0.2, 0.25) is 0 Å². The van der Waals surface area contributed by atoms with E-state index in [1.165, 1.54) is 0 Å². The maximum Gasteiger partial charge on any atom is 0.125 e. The monoisotopic (exact) mass is 196 g/mol. The lowest BCUT2D eigenvalue weighted by Crippen LogP contribution is -2.07. The Morgan fingerprint density at radius 1 is 1.36 bits per heavy atom. The molecule has 14 heavy (non-hydrogen) atoms. The summed E-state index contributed by atoms with van der Waals surface area (Å²) in [5.41, 5.74) is 2.68. The molecule has 3 nitrogen and oxygen atoms in total. The number of rotatable bonds is 3. The van der Waals surface area contributed by atoms with Crippen molar-refractivity contribution in [1.29, 1.82) is 0 Å². The highest BCUT2D eigenvalue weighted by molar-refractivity contribution is 5.44. The van der Waals surface area contributed by atoms with Gasteiger partial charge in [-0.25, -0.2) is 0 Å². The number of ether oxygens (including phenoxy) is 1. The van der Waals surface area contributed by atoms with Gasteiger partial charge in [0.15, 0.2) is 0 Å².